The van der Waals surface area contributed by atoms with Gasteiger partial charge in [-0.3, -0.25) is 9.69 Å². The molecule has 0 aromatic heterocycles. The molecule has 6 nitrogen and oxygen atoms in total. The number of nitrogens with zero attached hydrogens (tertiary/aromatic N) is 2. The molecule has 0 saturated carbocycles. The van der Waals surface area contributed by atoms with Crippen molar-refractivity contribution in [3.8, 4) is 11.5 Å². The molecule has 2 aliphatic heterocycles. The average Bonchev–Trinajstić information content (AvgIpc) is 3.09. The zero-order valence-electron chi connectivity index (χ0n) is 14.8. The van der Waals surface area contributed by atoms with Gasteiger partial charge in [-0.15, -0.1) is 0 Å². The third kappa shape index (κ3) is 4.02. The number of likely N-dealkylation sites (tertiary alicyclic amines) is 1. The van der Waals surface area contributed by atoms with E-state index in [1.807, 2.05) is 17.0 Å². The first-order valence-electron chi connectivity index (χ1n) is 8.65. The second kappa shape index (κ2) is 8.25. The molecule has 1 aromatic carbocycles. The first-order chi connectivity index (χ1) is 12.1. The summed E-state index contributed by atoms with van der Waals surface area (Å²) in [5, 5.41) is 0.520. The van der Waals surface area contributed by atoms with Crippen molar-refractivity contribution >= 4 is 17.5 Å². The van der Waals surface area contributed by atoms with Crippen molar-refractivity contribution in [1.82, 2.24) is 9.80 Å². The molecule has 2 aliphatic rings. The van der Waals surface area contributed by atoms with E-state index in [4.69, 9.17) is 25.8 Å². The standard InChI is InChI=1S/C18H25ClN2O4/c1-23-16-11-13(10-14(19)17(16)24-2)12-21-5-3-4-15(21)18(22)20-6-8-25-9-7-20/h10-11,15H,3-9,12H2,1-2H3/t15-/m0/s1. The Bertz CT molecular complexity index is 619. The van der Waals surface area contributed by atoms with E-state index in [0.29, 0.717) is 49.4 Å². The monoisotopic (exact) mass is 368 g/mol. The van der Waals surface area contributed by atoms with Gasteiger partial charge in [-0.1, -0.05) is 11.6 Å². The van der Waals surface area contributed by atoms with Crippen molar-refractivity contribution in [2.45, 2.75) is 25.4 Å². The van der Waals surface area contributed by atoms with Gasteiger partial charge in [-0.05, 0) is 37.1 Å². The van der Waals surface area contributed by atoms with E-state index in [1.165, 1.54) is 0 Å². The molecule has 2 fully saturated rings. The van der Waals surface area contributed by atoms with E-state index in [9.17, 15) is 4.79 Å². The molecule has 0 bridgehead atoms. The molecule has 138 valence electrons. The SMILES string of the molecule is COc1cc(CN2CCC[C@H]2C(=O)N2CCOCC2)cc(Cl)c1OC. The number of benzene rings is 1. The van der Waals surface area contributed by atoms with Crippen molar-refractivity contribution in [3.05, 3.63) is 22.7 Å². The third-order valence-electron chi connectivity index (χ3n) is 4.85. The Morgan fingerprint density at radius 1 is 1.24 bits per heavy atom. The molecule has 3 rings (SSSR count). The first-order valence-corrected chi connectivity index (χ1v) is 9.03. The predicted molar refractivity (Wildman–Crippen MR) is 95.4 cm³/mol. The maximum atomic E-state index is 12.8. The molecule has 1 aromatic rings. The largest absolute Gasteiger partial charge is 0.493 e. The lowest BCUT2D eigenvalue weighted by Gasteiger charge is -2.32. The van der Waals surface area contributed by atoms with Gasteiger partial charge in [0.15, 0.2) is 11.5 Å². The maximum absolute atomic E-state index is 12.8. The first kappa shape index (κ1) is 18.3. The summed E-state index contributed by atoms with van der Waals surface area (Å²) in [5.41, 5.74) is 1.02. The van der Waals surface area contributed by atoms with Gasteiger partial charge < -0.3 is 19.1 Å². The molecule has 2 saturated heterocycles. The second-order valence-electron chi connectivity index (χ2n) is 6.38. The molecule has 0 unspecified atom stereocenters. The molecule has 0 spiro atoms. The maximum Gasteiger partial charge on any atom is 0.240 e. The van der Waals surface area contributed by atoms with E-state index in [-0.39, 0.29) is 11.9 Å². The second-order valence-corrected chi connectivity index (χ2v) is 6.79. The van der Waals surface area contributed by atoms with Crippen LogP contribution < -0.4 is 9.47 Å². The Labute approximate surface area is 153 Å². The molecule has 0 aliphatic carbocycles. The van der Waals surface area contributed by atoms with E-state index < -0.39 is 0 Å². The Balaban J connectivity index is 1.73. The molecular formula is C18H25ClN2O4. The van der Waals surface area contributed by atoms with Crippen LogP contribution in [0.3, 0.4) is 0 Å². The molecule has 0 N–H and O–H groups in total. The Morgan fingerprint density at radius 2 is 2.00 bits per heavy atom. The number of morpholine rings is 1. The van der Waals surface area contributed by atoms with Crippen molar-refractivity contribution < 1.29 is 19.0 Å². The van der Waals surface area contributed by atoms with Crippen molar-refractivity contribution in [3.63, 3.8) is 0 Å². The zero-order chi connectivity index (χ0) is 17.8. The normalized spacial score (nSPS) is 21.4. The summed E-state index contributed by atoms with van der Waals surface area (Å²) < 4.78 is 16.0. The lowest BCUT2D eigenvalue weighted by Crippen LogP contribution is -2.49. The number of amides is 1. The van der Waals surface area contributed by atoms with E-state index >= 15 is 0 Å². The van der Waals surface area contributed by atoms with Crippen molar-refractivity contribution in [2.24, 2.45) is 0 Å². The summed E-state index contributed by atoms with van der Waals surface area (Å²) >= 11 is 6.31. The number of hydrogen-bond acceptors (Lipinski definition) is 5. The van der Waals surface area contributed by atoms with Crippen molar-refractivity contribution in [2.75, 3.05) is 47.1 Å². The van der Waals surface area contributed by atoms with Crippen LogP contribution in [0.5, 0.6) is 11.5 Å². The quantitative estimate of drug-likeness (QED) is 0.797. The average molecular weight is 369 g/mol. The molecule has 1 amide bonds. The van der Waals surface area contributed by atoms with Gasteiger partial charge >= 0.3 is 0 Å². The van der Waals surface area contributed by atoms with Crippen LogP contribution in [0.4, 0.5) is 0 Å². The number of carbonyl (C=O) groups excluding carboxylic acids is 1. The number of carbonyl (C=O) groups is 1. The smallest absolute Gasteiger partial charge is 0.240 e. The minimum atomic E-state index is -0.0648. The summed E-state index contributed by atoms with van der Waals surface area (Å²) in [5.74, 6) is 1.36. The number of methoxy groups -OCH3 is 2. The highest BCUT2D eigenvalue weighted by molar-refractivity contribution is 6.32. The van der Waals surface area contributed by atoms with Gasteiger partial charge in [0, 0.05) is 19.6 Å². The Kier molecular flexibility index (Phi) is 6.04. The minimum Gasteiger partial charge on any atom is -0.493 e. The Morgan fingerprint density at radius 3 is 2.68 bits per heavy atom. The molecule has 0 radical (unpaired) electrons. The van der Waals surface area contributed by atoms with Crippen LogP contribution in [0.1, 0.15) is 18.4 Å². The summed E-state index contributed by atoms with van der Waals surface area (Å²) in [7, 11) is 3.17. The van der Waals surface area contributed by atoms with Gasteiger partial charge in [0.2, 0.25) is 5.91 Å². The molecular weight excluding hydrogens is 344 g/mol. The molecule has 1 atom stereocenters. The Hall–Kier alpha value is -1.50. The molecule has 25 heavy (non-hydrogen) atoms. The predicted octanol–water partition coefficient (Wildman–Crippen LogP) is 2.18. The number of hydrogen-bond donors (Lipinski definition) is 0. The highest BCUT2D eigenvalue weighted by Gasteiger charge is 2.34. The van der Waals surface area contributed by atoms with Crippen LogP contribution in [0, 0.1) is 0 Å². The van der Waals surface area contributed by atoms with E-state index in [0.717, 1.165) is 24.9 Å². The zero-order valence-corrected chi connectivity index (χ0v) is 15.6. The highest BCUT2D eigenvalue weighted by Crippen LogP contribution is 2.37. The summed E-state index contributed by atoms with van der Waals surface area (Å²) in [6.45, 7) is 4.21. The number of ether oxygens (including phenoxy) is 3. The highest BCUT2D eigenvalue weighted by atomic mass is 35.5. The van der Waals surface area contributed by atoms with E-state index in [1.54, 1.807) is 14.2 Å². The van der Waals surface area contributed by atoms with Gasteiger partial charge in [0.05, 0.1) is 38.5 Å². The van der Waals surface area contributed by atoms with Crippen LogP contribution in [-0.4, -0.2) is 68.8 Å². The number of rotatable bonds is 5. The summed E-state index contributed by atoms with van der Waals surface area (Å²) in [6.07, 6.45) is 1.93. The van der Waals surface area contributed by atoms with Crippen molar-refractivity contribution in [1.29, 1.82) is 0 Å². The third-order valence-corrected chi connectivity index (χ3v) is 5.13. The lowest BCUT2D eigenvalue weighted by molar-refractivity contribution is -0.140. The lowest BCUT2D eigenvalue weighted by atomic mass is 10.1. The van der Waals surface area contributed by atoms with Crippen LogP contribution in [0.25, 0.3) is 0 Å². The van der Waals surface area contributed by atoms with Gasteiger partial charge in [-0.2, -0.15) is 0 Å². The van der Waals surface area contributed by atoms with Crippen LogP contribution in [0.15, 0.2) is 12.1 Å². The van der Waals surface area contributed by atoms with E-state index in [2.05, 4.69) is 4.90 Å². The van der Waals surface area contributed by atoms with Gasteiger partial charge in [-0.25, -0.2) is 0 Å². The van der Waals surface area contributed by atoms with Crippen LogP contribution in [-0.2, 0) is 16.1 Å². The summed E-state index contributed by atoms with van der Waals surface area (Å²) in [4.78, 5) is 17.0. The van der Waals surface area contributed by atoms with Crippen LogP contribution >= 0.6 is 11.6 Å². The fourth-order valence-electron chi connectivity index (χ4n) is 3.59. The molecule has 2 heterocycles. The fraction of sp³-hybridized carbons (Fsp3) is 0.611. The van der Waals surface area contributed by atoms with Gasteiger partial charge in [0.25, 0.3) is 0 Å². The summed E-state index contributed by atoms with van der Waals surface area (Å²) in [6, 6.07) is 3.75. The number of halogens is 1. The fourth-order valence-corrected chi connectivity index (χ4v) is 3.90. The van der Waals surface area contributed by atoms with Crippen LogP contribution in [0.2, 0.25) is 5.02 Å². The minimum absolute atomic E-state index is 0.0648. The van der Waals surface area contributed by atoms with Gasteiger partial charge in [0.1, 0.15) is 0 Å². The molecule has 7 heteroatoms. The topological polar surface area (TPSA) is 51.2 Å².